The number of hydrogen-bond donors (Lipinski definition) is 0. The average molecular weight is 286 g/mol. The van der Waals surface area contributed by atoms with E-state index < -0.39 is 11.6 Å². The molecule has 20 heavy (non-hydrogen) atoms. The highest BCUT2D eigenvalue weighted by molar-refractivity contribution is 5.83. The van der Waals surface area contributed by atoms with Crippen LogP contribution in [0.25, 0.3) is 0 Å². The van der Waals surface area contributed by atoms with Gasteiger partial charge in [0.2, 0.25) is 5.60 Å². The number of carbonyl (C=O) groups is 2. The van der Waals surface area contributed by atoms with Crippen LogP contribution in [0.15, 0.2) is 0 Å². The second-order valence-corrected chi connectivity index (χ2v) is 6.39. The molecular formula is C16H30O4. The Morgan fingerprint density at radius 1 is 1.05 bits per heavy atom. The maximum absolute atomic E-state index is 12.0. The molecule has 2 atom stereocenters. The van der Waals surface area contributed by atoms with Crippen molar-refractivity contribution in [1.82, 2.24) is 0 Å². The molecule has 0 radical (unpaired) electrons. The molecule has 0 aromatic rings. The van der Waals surface area contributed by atoms with Crippen LogP contribution < -0.4 is 0 Å². The molecule has 0 aliphatic carbocycles. The molecular weight excluding hydrogens is 256 g/mol. The second-order valence-electron chi connectivity index (χ2n) is 6.39. The van der Waals surface area contributed by atoms with Crippen LogP contribution in [0.2, 0.25) is 0 Å². The zero-order chi connectivity index (χ0) is 15.9. The summed E-state index contributed by atoms with van der Waals surface area (Å²) in [6, 6.07) is 0. The third kappa shape index (κ3) is 6.92. The first kappa shape index (κ1) is 18.9. The Morgan fingerprint density at radius 2 is 1.60 bits per heavy atom. The molecule has 0 N–H and O–H groups in total. The molecule has 0 aromatic heterocycles. The highest BCUT2D eigenvalue weighted by Gasteiger charge is 2.35. The SMILES string of the molecule is CCC(C)CCC(C)OC(=O)C(C)(C)OC(=O)C(C)C. The van der Waals surface area contributed by atoms with Gasteiger partial charge in [0.05, 0.1) is 12.0 Å². The van der Waals surface area contributed by atoms with Crippen molar-refractivity contribution in [3.05, 3.63) is 0 Å². The molecule has 0 aromatic carbocycles. The van der Waals surface area contributed by atoms with E-state index in [2.05, 4.69) is 13.8 Å². The smallest absolute Gasteiger partial charge is 0.350 e. The van der Waals surface area contributed by atoms with Gasteiger partial charge in [0.1, 0.15) is 0 Å². The molecule has 0 heterocycles. The van der Waals surface area contributed by atoms with Crippen molar-refractivity contribution < 1.29 is 19.1 Å². The first-order valence-electron chi connectivity index (χ1n) is 7.54. The molecule has 4 heteroatoms. The number of ether oxygens (including phenoxy) is 2. The molecule has 0 rings (SSSR count). The molecule has 0 bridgehead atoms. The molecule has 0 saturated carbocycles. The Kier molecular flexibility index (Phi) is 7.84. The molecule has 0 fully saturated rings. The van der Waals surface area contributed by atoms with Crippen molar-refractivity contribution in [1.29, 1.82) is 0 Å². The van der Waals surface area contributed by atoms with Gasteiger partial charge in [-0.2, -0.15) is 0 Å². The molecule has 4 nitrogen and oxygen atoms in total. The topological polar surface area (TPSA) is 52.6 Å². The maximum atomic E-state index is 12.0. The summed E-state index contributed by atoms with van der Waals surface area (Å²) in [5.74, 6) is -0.504. The van der Waals surface area contributed by atoms with Crippen molar-refractivity contribution in [3.63, 3.8) is 0 Å². The number of carbonyl (C=O) groups excluding carboxylic acids is 2. The molecule has 0 spiro atoms. The fourth-order valence-corrected chi connectivity index (χ4v) is 1.52. The van der Waals surface area contributed by atoms with Crippen LogP contribution in [-0.2, 0) is 19.1 Å². The molecule has 0 amide bonds. The van der Waals surface area contributed by atoms with Crippen LogP contribution in [-0.4, -0.2) is 23.6 Å². The van der Waals surface area contributed by atoms with E-state index in [0.29, 0.717) is 5.92 Å². The predicted molar refractivity (Wildman–Crippen MR) is 79.3 cm³/mol. The highest BCUT2D eigenvalue weighted by Crippen LogP contribution is 2.18. The summed E-state index contributed by atoms with van der Waals surface area (Å²) in [5, 5.41) is 0. The van der Waals surface area contributed by atoms with Crippen LogP contribution in [0.4, 0.5) is 0 Å². The lowest BCUT2D eigenvalue weighted by molar-refractivity contribution is -0.183. The summed E-state index contributed by atoms with van der Waals surface area (Å²) in [6.07, 6.45) is 2.82. The standard InChI is InChI=1S/C16H30O4/c1-8-12(4)9-10-13(5)19-15(18)16(6,7)20-14(17)11(2)3/h11-13H,8-10H2,1-7H3. The van der Waals surface area contributed by atoms with E-state index in [9.17, 15) is 9.59 Å². The van der Waals surface area contributed by atoms with Gasteiger partial charge in [-0.3, -0.25) is 4.79 Å². The molecule has 118 valence electrons. The maximum Gasteiger partial charge on any atom is 0.350 e. The molecule has 0 aliphatic heterocycles. The van der Waals surface area contributed by atoms with Gasteiger partial charge in [-0.1, -0.05) is 34.1 Å². The fraction of sp³-hybridized carbons (Fsp3) is 0.875. The van der Waals surface area contributed by atoms with Gasteiger partial charge in [-0.05, 0) is 39.5 Å². The summed E-state index contributed by atoms with van der Waals surface area (Å²) in [5.41, 5.74) is -1.23. The lowest BCUT2D eigenvalue weighted by Gasteiger charge is -2.26. The average Bonchev–Trinajstić information content (AvgIpc) is 2.34. The minimum Gasteiger partial charge on any atom is -0.460 e. The largest absolute Gasteiger partial charge is 0.460 e. The van der Waals surface area contributed by atoms with Crippen molar-refractivity contribution in [2.45, 2.75) is 79.4 Å². The zero-order valence-corrected chi connectivity index (χ0v) is 14.0. The van der Waals surface area contributed by atoms with Crippen molar-refractivity contribution in [3.8, 4) is 0 Å². The summed E-state index contributed by atoms with van der Waals surface area (Å²) >= 11 is 0. The molecule has 0 aliphatic rings. The predicted octanol–water partition coefficient (Wildman–Crippen LogP) is 3.72. The van der Waals surface area contributed by atoms with Gasteiger partial charge >= 0.3 is 11.9 Å². The third-order valence-corrected chi connectivity index (χ3v) is 3.39. The fourth-order valence-electron chi connectivity index (χ4n) is 1.52. The summed E-state index contributed by atoms with van der Waals surface area (Å²) in [7, 11) is 0. The van der Waals surface area contributed by atoms with Crippen LogP contribution in [0.5, 0.6) is 0 Å². The lowest BCUT2D eigenvalue weighted by Crippen LogP contribution is -2.41. The highest BCUT2D eigenvalue weighted by atomic mass is 16.6. The quantitative estimate of drug-likeness (QED) is 0.638. The van der Waals surface area contributed by atoms with E-state index in [1.807, 2.05) is 6.92 Å². The van der Waals surface area contributed by atoms with E-state index in [-0.39, 0.29) is 18.0 Å². The van der Waals surface area contributed by atoms with Crippen LogP contribution in [0.3, 0.4) is 0 Å². The Balaban J connectivity index is 4.33. The van der Waals surface area contributed by atoms with Crippen molar-refractivity contribution >= 4 is 11.9 Å². The summed E-state index contributed by atoms with van der Waals surface area (Å²) in [4.78, 5) is 23.6. The van der Waals surface area contributed by atoms with E-state index in [1.165, 1.54) is 0 Å². The van der Waals surface area contributed by atoms with E-state index >= 15 is 0 Å². The first-order valence-corrected chi connectivity index (χ1v) is 7.54. The number of hydrogen-bond acceptors (Lipinski definition) is 4. The molecule has 2 unspecified atom stereocenters. The van der Waals surface area contributed by atoms with Crippen LogP contribution >= 0.6 is 0 Å². The summed E-state index contributed by atoms with van der Waals surface area (Å²) in [6.45, 7) is 12.8. The van der Waals surface area contributed by atoms with Gasteiger partial charge in [0.25, 0.3) is 0 Å². The van der Waals surface area contributed by atoms with Gasteiger partial charge in [0, 0.05) is 0 Å². The Bertz CT molecular complexity index is 320. The normalized spacial score (nSPS) is 14.8. The van der Waals surface area contributed by atoms with E-state index in [1.54, 1.807) is 27.7 Å². The van der Waals surface area contributed by atoms with Gasteiger partial charge in [-0.25, -0.2) is 4.79 Å². The van der Waals surface area contributed by atoms with Gasteiger partial charge in [0.15, 0.2) is 0 Å². The Hall–Kier alpha value is -1.06. The second kappa shape index (κ2) is 8.28. The minimum atomic E-state index is -1.23. The lowest BCUT2D eigenvalue weighted by atomic mass is 10.0. The van der Waals surface area contributed by atoms with Crippen LogP contribution in [0.1, 0.15) is 67.7 Å². The van der Waals surface area contributed by atoms with Gasteiger partial charge < -0.3 is 9.47 Å². The third-order valence-electron chi connectivity index (χ3n) is 3.39. The van der Waals surface area contributed by atoms with Gasteiger partial charge in [-0.15, -0.1) is 0 Å². The first-order chi connectivity index (χ1) is 9.10. The number of esters is 2. The zero-order valence-electron chi connectivity index (χ0n) is 14.0. The van der Waals surface area contributed by atoms with E-state index in [4.69, 9.17) is 9.47 Å². The van der Waals surface area contributed by atoms with Crippen LogP contribution in [0, 0.1) is 11.8 Å². The Labute approximate surface area is 123 Å². The number of rotatable bonds is 8. The monoisotopic (exact) mass is 286 g/mol. The summed E-state index contributed by atoms with van der Waals surface area (Å²) < 4.78 is 10.6. The Morgan fingerprint density at radius 3 is 2.05 bits per heavy atom. The van der Waals surface area contributed by atoms with Crippen molar-refractivity contribution in [2.75, 3.05) is 0 Å². The molecule has 0 saturated heterocycles. The van der Waals surface area contributed by atoms with Crippen molar-refractivity contribution in [2.24, 2.45) is 11.8 Å². The van der Waals surface area contributed by atoms with E-state index in [0.717, 1.165) is 19.3 Å². The minimum absolute atomic E-state index is 0.159.